The Hall–Kier alpha value is -3.83. The summed E-state index contributed by atoms with van der Waals surface area (Å²) in [4.78, 5) is 23.5. The molecule has 1 saturated heterocycles. The Morgan fingerprint density at radius 2 is 2.08 bits per heavy atom. The molecule has 1 fully saturated rings. The smallest absolute Gasteiger partial charge is 0.261 e. The highest BCUT2D eigenvalue weighted by Gasteiger charge is 2.25. The minimum Gasteiger partial charge on any atom is -0.377 e. The first kappa shape index (κ1) is 21.1. The van der Waals surface area contributed by atoms with Crippen molar-refractivity contribution in [2.45, 2.75) is 38.6 Å². The molecule has 38 heavy (non-hydrogen) atoms. The number of piperidine rings is 1. The molecule has 12 heteroatoms. The number of rotatable bonds is 5. The standard InChI is InChI=1S/C26H29ClN10O/c1-14-11-17(15(2)30-19-5-6-20(27)31-22(19)24-32-34-36(4)33-24)23-18(12-14)26(38)35(3)25-21(29-13-37(23)25)16-7-9-28-10-8-16/h5-6,11-13,15-16,28,30H,7-10H2,1-4H3/i4D3. The number of nitrogens with zero attached hydrogens (tertiary/aromatic N) is 8. The minimum atomic E-state index is -2.58. The van der Waals surface area contributed by atoms with Crippen LogP contribution >= 0.6 is 11.6 Å². The Bertz CT molecular complexity index is 1840. The molecule has 11 nitrogen and oxygen atoms in total. The van der Waals surface area contributed by atoms with Gasteiger partial charge in [-0.2, -0.15) is 4.80 Å². The highest BCUT2D eigenvalue weighted by molar-refractivity contribution is 6.29. The Morgan fingerprint density at radius 3 is 2.84 bits per heavy atom. The molecule has 1 unspecified atom stereocenters. The number of fused-ring (bicyclic) bond motifs is 3. The highest BCUT2D eigenvalue weighted by Crippen LogP contribution is 2.33. The summed E-state index contributed by atoms with van der Waals surface area (Å²) in [6.45, 7) is 3.19. The summed E-state index contributed by atoms with van der Waals surface area (Å²) in [6.07, 6.45) is 3.74. The molecule has 0 saturated carbocycles. The van der Waals surface area contributed by atoms with Gasteiger partial charge in [0.05, 0.1) is 35.3 Å². The Morgan fingerprint density at radius 1 is 1.26 bits per heavy atom. The monoisotopic (exact) mass is 535 g/mol. The summed E-state index contributed by atoms with van der Waals surface area (Å²) in [5.74, 6) is 0.289. The summed E-state index contributed by atoms with van der Waals surface area (Å²) in [5, 5.41) is 19.2. The number of pyridine rings is 1. The van der Waals surface area contributed by atoms with Crippen LogP contribution in [0.4, 0.5) is 5.69 Å². The normalized spacial score (nSPS) is 16.9. The fourth-order valence-electron chi connectivity index (χ4n) is 5.42. The number of aryl methyl sites for hydroxylation is 3. The van der Waals surface area contributed by atoms with Gasteiger partial charge in [-0.3, -0.25) is 13.8 Å². The molecule has 0 spiro atoms. The van der Waals surface area contributed by atoms with Gasteiger partial charge in [0.2, 0.25) is 5.82 Å². The van der Waals surface area contributed by atoms with Gasteiger partial charge in [0.25, 0.3) is 5.56 Å². The van der Waals surface area contributed by atoms with E-state index in [1.807, 2.05) is 30.6 Å². The second-order valence-corrected chi connectivity index (χ2v) is 10.1. The van der Waals surface area contributed by atoms with Gasteiger partial charge >= 0.3 is 0 Å². The molecule has 0 amide bonds. The Labute approximate surface area is 228 Å². The number of imidazole rings is 1. The van der Waals surface area contributed by atoms with E-state index in [1.54, 1.807) is 23.7 Å². The third-order valence-electron chi connectivity index (χ3n) is 7.20. The van der Waals surface area contributed by atoms with Crippen molar-refractivity contribution in [3.05, 3.63) is 62.9 Å². The number of aromatic nitrogens is 8. The SMILES string of the molecule is [2H]C([2H])([2H])n1nnc(-c2nc(Cl)ccc2NC(C)c2cc(C)cc3c(=O)n(C)c4c(C5CCNCC5)ncn4c23)n1. The van der Waals surface area contributed by atoms with Crippen LogP contribution in [0, 0.1) is 6.92 Å². The van der Waals surface area contributed by atoms with Crippen LogP contribution in [0.15, 0.2) is 35.4 Å². The van der Waals surface area contributed by atoms with Crippen molar-refractivity contribution >= 4 is 33.8 Å². The number of tetrazole rings is 1. The summed E-state index contributed by atoms with van der Waals surface area (Å²) in [7, 11) is 1.80. The molecule has 4 aromatic heterocycles. The van der Waals surface area contributed by atoms with E-state index in [2.05, 4.69) is 37.1 Å². The second-order valence-electron chi connectivity index (χ2n) is 9.76. The zero-order valence-corrected chi connectivity index (χ0v) is 22.0. The average Bonchev–Trinajstić information content (AvgIpc) is 3.61. The van der Waals surface area contributed by atoms with Gasteiger partial charge in [-0.25, -0.2) is 9.97 Å². The van der Waals surface area contributed by atoms with Gasteiger partial charge in [-0.15, -0.1) is 10.2 Å². The van der Waals surface area contributed by atoms with Gasteiger partial charge in [0, 0.05) is 17.1 Å². The number of nitrogens with one attached hydrogen (secondary N) is 2. The lowest BCUT2D eigenvalue weighted by molar-refractivity contribution is 0.455. The molecule has 5 heterocycles. The molecule has 0 bridgehead atoms. The first-order valence-corrected chi connectivity index (χ1v) is 12.9. The number of hydrogen-bond acceptors (Lipinski definition) is 8. The first-order chi connectivity index (χ1) is 19.5. The maximum absolute atomic E-state index is 13.7. The molecule has 5 aromatic rings. The number of halogens is 1. The molecule has 0 radical (unpaired) electrons. The minimum absolute atomic E-state index is 0.0184. The van der Waals surface area contributed by atoms with Crippen LogP contribution in [0.2, 0.25) is 5.15 Å². The van der Waals surface area contributed by atoms with E-state index in [0.29, 0.717) is 15.9 Å². The lowest BCUT2D eigenvalue weighted by atomic mass is 9.94. The maximum atomic E-state index is 13.7. The van der Waals surface area contributed by atoms with Gasteiger partial charge in [-0.1, -0.05) is 17.7 Å². The van der Waals surface area contributed by atoms with E-state index >= 15 is 0 Å². The van der Waals surface area contributed by atoms with E-state index in [-0.39, 0.29) is 34.2 Å². The second kappa shape index (κ2) is 9.48. The summed E-state index contributed by atoms with van der Waals surface area (Å²) in [5.41, 5.74) is 5.04. The van der Waals surface area contributed by atoms with E-state index in [9.17, 15) is 4.79 Å². The molecule has 196 valence electrons. The molecule has 1 aliphatic rings. The van der Waals surface area contributed by atoms with Gasteiger partial charge < -0.3 is 10.6 Å². The third kappa shape index (κ3) is 4.11. The predicted octanol–water partition coefficient (Wildman–Crippen LogP) is 3.37. The van der Waals surface area contributed by atoms with Crippen molar-refractivity contribution in [3.8, 4) is 11.5 Å². The molecule has 6 rings (SSSR count). The molecular weight excluding hydrogens is 504 g/mol. The number of anilines is 1. The van der Waals surface area contributed by atoms with Gasteiger partial charge in [-0.05, 0) is 74.3 Å². The lowest BCUT2D eigenvalue weighted by Crippen LogP contribution is -2.28. The average molecular weight is 536 g/mol. The Balaban J connectivity index is 1.48. The zero-order valence-electron chi connectivity index (χ0n) is 24.2. The molecule has 1 aliphatic heterocycles. The number of hydrogen-bond donors (Lipinski definition) is 2. The lowest BCUT2D eigenvalue weighted by Gasteiger charge is -2.23. The Kier molecular flexibility index (Phi) is 5.28. The molecule has 2 N–H and O–H groups in total. The van der Waals surface area contributed by atoms with Gasteiger partial charge in [0.1, 0.15) is 22.8 Å². The maximum Gasteiger partial charge on any atom is 0.261 e. The van der Waals surface area contributed by atoms with Crippen LogP contribution in [0.3, 0.4) is 0 Å². The van der Waals surface area contributed by atoms with Crippen molar-refractivity contribution in [3.63, 3.8) is 0 Å². The van der Waals surface area contributed by atoms with Crippen LogP contribution in [0.25, 0.3) is 28.1 Å². The van der Waals surface area contributed by atoms with Crippen LogP contribution < -0.4 is 16.2 Å². The molecule has 1 atom stereocenters. The summed E-state index contributed by atoms with van der Waals surface area (Å²) >= 11 is 6.20. The van der Waals surface area contributed by atoms with Crippen LogP contribution in [0.1, 0.15) is 52.7 Å². The van der Waals surface area contributed by atoms with E-state index in [4.69, 9.17) is 20.7 Å². The van der Waals surface area contributed by atoms with Gasteiger partial charge in [0.15, 0.2) is 0 Å². The van der Waals surface area contributed by atoms with Crippen LogP contribution in [-0.2, 0) is 14.0 Å². The fraction of sp³-hybridized carbons (Fsp3) is 0.385. The van der Waals surface area contributed by atoms with E-state index < -0.39 is 6.98 Å². The van der Waals surface area contributed by atoms with Crippen LogP contribution in [-0.4, -0.2) is 52.2 Å². The molecule has 1 aromatic carbocycles. The quantitative estimate of drug-likeness (QED) is 0.329. The molecular formula is C26H29ClN10O. The zero-order chi connectivity index (χ0) is 29.1. The van der Waals surface area contributed by atoms with Crippen molar-refractivity contribution < 1.29 is 4.11 Å². The van der Waals surface area contributed by atoms with Crippen molar-refractivity contribution in [1.29, 1.82) is 0 Å². The van der Waals surface area contributed by atoms with Crippen LogP contribution in [0.5, 0.6) is 0 Å². The first-order valence-electron chi connectivity index (χ1n) is 14.0. The topological polar surface area (TPSA) is 120 Å². The number of benzene rings is 1. The fourth-order valence-corrected chi connectivity index (χ4v) is 5.57. The predicted molar refractivity (Wildman–Crippen MR) is 147 cm³/mol. The van der Waals surface area contributed by atoms with E-state index in [1.165, 1.54) is 0 Å². The van der Waals surface area contributed by atoms with Crippen molar-refractivity contribution in [2.24, 2.45) is 14.0 Å². The van der Waals surface area contributed by atoms with Crippen molar-refractivity contribution in [1.82, 2.24) is 44.5 Å². The third-order valence-corrected chi connectivity index (χ3v) is 7.41. The largest absolute Gasteiger partial charge is 0.377 e. The van der Waals surface area contributed by atoms with E-state index in [0.717, 1.165) is 53.9 Å². The molecule has 0 aliphatic carbocycles. The highest BCUT2D eigenvalue weighted by atomic mass is 35.5. The summed E-state index contributed by atoms with van der Waals surface area (Å²) in [6, 6.07) is 6.99. The van der Waals surface area contributed by atoms with Crippen molar-refractivity contribution in [2.75, 3.05) is 18.4 Å². The summed E-state index contributed by atoms with van der Waals surface area (Å²) < 4.78 is 26.4.